The fraction of sp³-hybridized carbons (Fsp3) is 0.842. The minimum Gasteiger partial charge on any atom is -0.458 e. The second-order valence-electron chi connectivity index (χ2n) is 16.1. The quantitative estimate of drug-likeness (QED) is 0.237. The summed E-state index contributed by atoms with van der Waals surface area (Å²) in [5.41, 5.74) is -3.12. The molecule has 0 aliphatic carbocycles. The molecule has 0 spiro atoms. The standard InChI is InChI=1S/C38H60N2O13/c1-13-27-38(9)28-20(4)29(43)18(2)16-37(8,53-36(49-23(7)41)39-17-24(42)15-25(28)34(46)52-38)32(21(5)30(44)22(6)33(45)50-27)51-35-31(47-12)26(40(10)11)14-19(3)48-35/h18-22,25-28,31-32,35-36,39H,13-17H2,1-12H3/t18-,19-,20-,21+,22-,25?,26+,27-,28?,31-,32-,35+,36?,37-,38-/m1/s1. The summed E-state index contributed by atoms with van der Waals surface area (Å²) in [6, 6.07) is -0.145. The molecule has 3 unspecified atom stereocenters. The molecule has 4 aliphatic heterocycles. The van der Waals surface area contributed by atoms with Gasteiger partial charge in [0, 0.05) is 50.2 Å². The Labute approximate surface area is 312 Å². The molecule has 0 aromatic carbocycles. The molecule has 1 N–H and O–H groups in total. The summed E-state index contributed by atoms with van der Waals surface area (Å²) < 4.78 is 43.3. The summed E-state index contributed by atoms with van der Waals surface area (Å²) in [6.07, 6.45) is -5.31. The number of ether oxygens (including phenoxy) is 7. The van der Waals surface area contributed by atoms with E-state index in [1.807, 2.05) is 25.9 Å². The van der Waals surface area contributed by atoms with Crippen molar-refractivity contribution in [2.24, 2.45) is 35.5 Å². The Kier molecular flexibility index (Phi) is 13.7. The number of nitrogens with one attached hydrogen (secondary N) is 1. The number of esters is 3. The lowest BCUT2D eigenvalue weighted by molar-refractivity contribution is -0.317. The highest BCUT2D eigenvalue weighted by Gasteiger charge is 2.62. The fourth-order valence-corrected chi connectivity index (χ4v) is 9.17. The lowest BCUT2D eigenvalue weighted by Crippen LogP contribution is -2.61. The molecule has 53 heavy (non-hydrogen) atoms. The summed E-state index contributed by atoms with van der Waals surface area (Å²) in [6.45, 7) is 14.2. The number of cyclic esters (lactones) is 1. The molecular weight excluding hydrogens is 692 g/mol. The van der Waals surface area contributed by atoms with Crippen LogP contribution < -0.4 is 5.32 Å². The SMILES string of the molecule is CC[C@H]1OC(=O)[C@H](C)C(=O)[C@H](C)[C@@H](O[C@@H]2O[C@H](C)C[C@H](N(C)C)[C@H]2OC)[C@@]2(C)C[C@@H](C)C(=O)[C@H](C)C3C(CC(=O)CNC(OC(C)=O)O2)C(=O)O[C@@]31C. The number of ketones is 3. The van der Waals surface area contributed by atoms with E-state index in [0.29, 0.717) is 6.42 Å². The zero-order chi connectivity index (χ0) is 39.7. The number of Topliss-reactive ketones (excluding diaryl/α,β-unsaturated/α-hetero) is 3. The number of nitrogens with zero attached hydrogens (tertiary/aromatic N) is 1. The Morgan fingerprint density at radius 1 is 0.981 bits per heavy atom. The number of rotatable bonds is 6. The molecule has 0 amide bonds. The first kappa shape index (κ1) is 42.9. The highest BCUT2D eigenvalue weighted by Crippen LogP contribution is 2.49. The van der Waals surface area contributed by atoms with Crippen LogP contribution in [0.25, 0.3) is 0 Å². The van der Waals surface area contributed by atoms with Gasteiger partial charge in [-0.05, 0) is 61.1 Å². The van der Waals surface area contributed by atoms with Crippen LogP contribution in [0.2, 0.25) is 0 Å². The number of hydrogen-bond donors (Lipinski definition) is 1. The van der Waals surface area contributed by atoms with Crippen molar-refractivity contribution < 1.29 is 61.9 Å². The van der Waals surface area contributed by atoms with Crippen molar-refractivity contribution in [1.29, 1.82) is 0 Å². The van der Waals surface area contributed by atoms with Crippen LogP contribution in [0.15, 0.2) is 0 Å². The van der Waals surface area contributed by atoms with Crippen LogP contribution in [-0.2, 0) is 61.9 Å². The van der Waals surface area contributed by atoms with Gasteiger partial charge >= 0.3 is 17.9 Å². The molecule has 15 heteroatoms. The summed E-state index contributed by atoms with van der Waals surface area (Å²) in [5, 5.41) is 2.86. The number of carbonyl (C=O) groups excluding carboxylic acids is 6. The van der Waals surface area contributed by atoms with Gasteiger partial charge in [-0.15, -0.1) is 0 Å². The molecule has 0 aromatic heterocycles. The largest absolute Gasteiger partial charge is 0.458 e. The van der Waals surface area contributed by atoms with Gasteiger partial charge in [0.05, 0.1) is 30.3 Å². The maximum absolute atomic E-state index is 14.6. The van der Waals surface area contributed by atoms with E-state index in [-0.39, 0.29) is 43.7 Å². The Morgan fingerprint density at radius 2 is 1.64 bits per heavy atom. The average molecular weight is 753 g/mol. The highest BCUT2D eigenvalue weighted by atomic mass is 16.7. The molecule has 0 radical (unpaired) electrons. The molecule has 4 rings (SSSR count). The van der Waals surface area contributed by atoms with Crippen LogP contribution in [0.3, 0.4) is 0 Å². The van der Waals surface area contributed by atoms with Gasteiger partial charge in [-0.3, -0.25) is 34.1 Å². The number of methoxy groups -OCH3 is 1. The van der Waals surface area contributed by atoms with Gasteiger partial charge in [-0.2, -0.15) is 0 Å². The Bertz CT molecular complexity index is 1410. The van der Waals surface area contributed by atoms with Crippen LogP contribution in [0.4, 0.5) is 0 Å². The molecule has 4 aliphatic rings. The first-order valence-electron chi connectivity index (χ1n) is 18.8. The van der Waals surface area contributed by atoms with E-state index in [1.54, 1.807) is 41.5 Å². The molecule has 15 atom stereocenters. The first-order valence-corrected chi connectivity index (χ1v) is 18.8. The van der Waals surface area contributed by atoms with Gasteiger partial charge in [0.15, 0.2) is 17.7 Å². The molecule has 4 heterocycles. The molecule has 2 bridgehead atoms. The average Bonchev–Trinajstić information content (AvgIpc) is 3.33. The van der Waals surface area contributed by atoms with E-state index in [1.165, 1.54) is 21.0 Å². The van der Waals surface area contributed by atoms with Gasteiger partial charge in [-0.1, -0.05) is 27.7 Å². The topological polar surface area (TPSA) is 182 Å². The molecule has 0 aromatic rings. The lowest BCUT2D eigenvalue weighted by Gasteiger charge is -2.48. The molecule has 4 saturated heterocycles. The summed E-state index contributed by atoms with van der Waals surface area (Å²) in [4.78, 5) is 84.7. The third-order valence-corrected chi connectivity index (χ3v) is 11.8. The molecule has 300 valence electrons. The van der Waals surface area contributed by atoms with Gasteiger partial charge in [0.2, 0.25) is 0 Å². The van der Waals surface area contributed by atoms with Crippen LogP contribution in [0.1, 0.15) is 88.0 Å². The highest BCUT2D eigenvalue weighted by molar-refractivity contribution is 6.00. The van der Waals surface area contributed by atoms with E-state index in [4.69, 9.17) is 33.2 Å². The predicted octanol–water partition coefficient (Wildman–Crippen LogP) is 2.59. The third-order valence-electron chi connectivity index (χ3n) is 11.8. The van der Waals surface area contributed by atoms with Crippen molar-refractivity contribution in [3.63, 3.8) is 0 Å². The third kappa shape index (κ3) is 8.86. The summed E-state index contributed by atoms with van der Waals surface area (Å²) >= 11 is 0. The van der Waals surface area contributed by atoms with Crippen LogP contribution in [-0.4, -0.2) is 122 Å². The first-order chi connectivity index (χ1) is 24.7. The minimum atomic E-state index is -1.63. The van der Waals surface area contributed by atoms with Crippen LogP contribution in [0, 0.1) is 35.5 Å². The summed E-state index contributed by atoms with van der Waals surface area (Å²) in [5.74, 6) is -9.48. The molecule has 0 saturated carbocycles. The van der Waals surface area contributed by atoms with Crippen LogP contribution >= 0.6 is 0 Å². The smallest absolute Gasteiger partial charge is 0.316 e. The number of likely N-dealkylation sites (N-methyl/N-ethyl adjacent to an activating group) is 1. The maximum Gasteiger partial charge on any atom is 0.316 e. The number of fused-ring (bicyclic) bond motifs is 4. The van der Waals surface area contributed by atoms with E-state index >= 15 is 0 Å². The summed E-state index contributed by atoms with van der Waals surface area (Å²) in [7, 11) is 5.37. The van der Waals surface area contributed by atoms with Crippen molar-refractivity contribution in [2.75, 3.05) is 27.7 Å². The Morgan fingerprint density at radius 3 is 2.23 bits per heavy atom. The van der Waals surface area contributed by atoms with Crippen molar-refractivity contribution in [3.05, 3.63) is 0 Å². The Hall–Kier alpha value is -2.82. The normalized spacial score (nSPS) is 43.5. The monoisotopic (exact) mass is 752 g/mol. The Balaban J connectivity index is 1.97. The molecular formula is C38H60N2O13. The lowest BCUT2D eigenvalue weighted by atomic mass is 9.66. The van der Waals surface area contributed by atoms with Crippen LogP contribution in [0.5, 0.6) is 0 Å². The van der Waals surface area contributed by atoms with E-state index in [0.717, 1.165) is 0 Å². The van der Waals surface area contributed by atoms with E-state index in [9.17, 15) is 28.8 Å². The predicted molar refractivity (Wildman–Crippen MR) is 188 cm³/mol. The van der Waals surface area contributed by atoms with Crippen molar-refractivity contribution >= 4 is 35.3 Å². The van der Waals surface area contributed by atoms with Crippen molar-refractivity contribution in [3.8, 4) is 0 Å². The van der Waals surface area contributed by atoms with Gasteiger partial charge in [-0.25, -0.2) is 0 Å². The van der Waals surface area contributed by atoms with Crippen molar-refractivity contribution in [2.45, 2.75) is 142 Å². The van der Waals surface area contributed by atoms with Gasteiger partial charge in [0.1, 0.15) is 29.7 Å². The van der Waals surface area contributed by atoms with Gasteiger partial charge < -0.3 is 38.1 Å². The van der Waals surface area contributed by atoms with Crippen molar-refractivity contribution in [1.82, 2.24) is 10.2 Å². The van der Waals surface area contributed by atoms with E-state index < -0.39 is 107 Å². The number of hydrogen-bond acceptors (Lipinski definition) is 15. The molecule has 15 nitrogen and oxygen atoms in total. The zero-order valence-corrected chi connectivity index (χ0v) is 33.3. The zero-order valence-electron chi connectivity index (χ0n) is 33.3. The molecule has 4 fully saturated rings. The fourth-order valence-electron chi connectivity index (χ4n) is 9.17. The minimum absolute atomic E-state index is 0.0676. The second-order valence-corrected chi connectivity index (χ2v) is 16.1. The van der Waals surface area contributed by atoms with Gasteiger partial charge in [0.25, 0.3) is 6.41 Å². The van der Waals surface area contributed by atoms with E-state index in [2.05, 4.69) is 5.32 Å². The number of carbonyl (C=O) groups is 6. The maximum atomic E-state index is 14.6. The second kappa shape index (κ2) is 16.9.